The van der Waals surface area contributed by atoms with Gasteiger partial charge in [0.05, 0.1) is 17.9 Å². The molecule has 0 spiro atoms. The standard InChI is InChI=1S/C26H30N2O3/c1-4-16-31-22-11-7-6-10-21(22)28-25(29)23(20-13-12-18(2)19(3)17-20)24(26(28)30)27-14-8-5-9-15-27/h6-7,10-13,17H,4-5,8-9,14-16H2,1-3H3. The van der Waals surface area contributed by atoms with Crippen molar-refractivity contribution in [1.82, 2.24) is 4.90 Å². The van der Waals surface area contributed by atoms with Gasteiger partial charge in [0.25, 0.3) is 11.8 Å². The van der Waals surface area contributed by atoms with Crippen LogP contribution in [0.15, 0.2) is 48.2 Å². The van der Waals surface area contributed by atoms with Crippen molar-refractivity contribution in [3.8, 4) is 5.75 Å². The third-order valence-corrected chi connectivity index (χ3v) is 6.10. The van der Waals surface area contributed by atoms with Crippen molar-refractivity contribution < 1.29 is 14.3 Å². The van der Waals surface area contributed by atoms with E-state index in [0.717, 1.165) is 55.5 Å². The van der Waals surface area contributed by atoms with Crippen molar-refractivity contribution in [2.75, 3.05) is 24.6 Å². The molecule has 1 fully saturated rings. The fourth-order valence-corrected chi connectivity index (χ4v) is 4.28. The molecule has 4 rings (SSSR count). The number of para-hydroxylation sites is 2. The second kappa shape index (κ2) is 8.96. The predicted molar refractivity (Wildman–Crippen MR) is 123 cm³/mol. The first kappa shape index (κ1) is 21.2. The lowest BCUT2D eigenvalue weighted by Gasteiger charge is -2.29. The molecule has 0 radical (unpaired) electrons. The lowest BCUT2D eigenvalue weighted by atomic mass is 9.98. The Morgan fingerprint density at radius 2 is 1.65 bits per heavy atom. The molecule has 5 heteroatoms. The SMILES string of the molecule is CCCOc1ccccc1N1C(=O)C(c2ccc(C)c(C)c2)=C(N2CCCCC2)C1=O. The van der Waals surface area contributed by atoms with Gasteiger partial charge in [0.2, 0.25) is 0 Å². The van der Waals surface area contributed by atoms with E-state index in [1.807, 2.05) is 57.2 Å². The summed E-state index contributed by atoms with van der Waals surface area (Å²) in [5, 5.41) is 0. The molecular weight excluding hydrogens is 388 g/mol. The number of amides is 2. The quantitative estimate of drug-likeness (QED) is 0.629. The van der Waals surface area contributed by atoms with Gasteiger partial charge < -0.3 is 9.64 Å². The second-order valence-corrected chi connectivity index (χ2v) is 8.33. The highest BCUT2D eigenvalue weighted by Gasteiger charge is 2.43. The number of imide groups is 1. The van der Waals surface area contributed by atoms with E-state index in [2.05, 4.69) is 4.90 Å². The van der Waals surface area contributed by atoms with E-state index in [0.29, 0.717) is 29.3 Å². The summed E-state index contributed by atoms with van der Waals surface area (Å²) in [5.74, 6) is 0.0273. The zero-order chi connectivity index (χ0) is 22.0. The van der Waals surface area contributed by atoms with E-state index in [-0.39, 0.29) is 11.8 Å². The lowest BCUT2D eigenvalue weighted by molar-refractivity contribution is -0.120. The third kappa shape index (κ3) is 3.97. The Morgan fingerprint density at radius 1 is 0.903 bits per heavy atom. The van der Waals surface area contributed by atoms with Crippen molar-refractivity contribution >= 4 is 23.1 Å². The van der Waals surface area contributed by atoms with Crippen LogP contribution < -0.4 is 9.64 Å². The Bertz CT molecular complexity index is 1030. The zero-order valence-electron chi connectivity index (χ0n) is 18.6. The highest BCUT2D eigenvalue weighted by molar-refractivity contribution is 6.45. The Balaban J connectivity index is 1.82. The topological polar surface area (TPSA) is 49.9 Å². The number of carbonyl (C=O) groups is 2. The first-order valence-corrected chi connectivity index (χ1v) is 11.2. The van der Waals surface area contributed by atoms with Gasteiger partial charge in [-0.25, -0.2) is 4.90 Å². The van der Waals surface area contributed by atoms with E-state index in [9.17, 15) is 9.59 Å². The highest BCUT2D eigenvalue weighted by atomic mass is 16.5. The Labute approximate surface area is 184 Å². The monoisotopic (exact) mass is 418 g/mol. The van der Waals surface area contributed by atoms with Gasteiger partial charge in [-0.05, 0) is 68.4 Å². The summed E-state index contributed by atoms with van der Waals surface area (Å²) in [7, 11) is 0. The van der Waals surface area contributed by atoms with Gasteiger partial charge >= 0.3 is 0 Å². The molecule has 0 aliphatic carbocycles. The van der Waals surface area contributed by atoms with Crippen LogP contribution in [0.3, 0.4) is 0 Å². The third-order valence-electron chi connectivity index (χ3n) is 6.10. The normalized spacial score (nSPS) is 17.0. The minimum atomic E-state index is -0.277. The van der Waals surface area contributed by atoms with Crippen LogP contribution in [0.4, 0.5) is 5.69 Å². The summed E-state index contributed by atoms with van der Waals surface area (Å²) in [4.78, 5) is 30.9. The molecule has 0 bridgehead atoms. The molecular formula is C26H30N2O3. The number of hydrogen-bond acceptors (Lipinski definition) is 4. The van der Waals surface area contributed by atoms with Gasteiger partial charge in [-0.15, -0.1) is 0 Å². The predicted octanol–water partition coefficient (Wildman–Crippen LogP) is 4.86. The van der Waals surface area contributed by atoms with Gasteiger partial charge in [-0.3, -0.25) is 9.59 Å². The molecule has 0 unspecified atom stereocenters. The average molecular weight is 419 g/mol. The minimum absolute atomic E-state index is 0.257. The second-order valence-electron chi connectivity index (χ2n) is 8.33. The van der Waals surface area contributed by atoms with Gasteiger partial charge in [-0.2, -0.15) is 0 Å². The van der Waals surface area contributed by atoms with Crippen LogP contribution in [0.5, 0.6) is 5.75 Å². The number of carbonyl (C=O) groups excluding carboxylic acids is 2. The van der Waals surface area contributed by atoms with Crippen LogP contribution in [-0.4, -0.2) is 36.4 Å². The lowest BCUT2D eigenvalue weighted by Crippen LogP contribution is -2.37. The molecule has 0 N–H and O–H groups in total. The first-order chi connectivity index (χ1) is 15.0. The number of hydrogen-bond donors (Lipinski definition) is 0. The number of anilines is 1. The number of nitrogens with zero attached hydrogens (tertiary/aromatic N) is 2. The van der Waals surface area contributed by atoms with Crippen molar-refractivity contribution in [3.05, 3.63) is 64.9 Å². The Morgan fingerprint density at radius 3 is 2.35 bits per heavy atom. The first-order valence-electron chi connectivity index (χ1n) is 11.2. The molecule has 2 aliphatic heterocycles. The van der Waals surface area contributed by atoms with Gasteiger partial charge in [0, 0.05) is 13.1 Å². The highest BCUT2D eigenvalue weighted by Crippen LogP contribution is 2.39. The van der Waals surface area contributed by atoms with Gasteiger partial charge in [-0.1, -0.05) is 37.3 Å². The minimum Gasteiger partial charge on any atom is -0.491 e. The smallest absolute Gasteiger partial charge is 0.282 e. The molecule has 0 aromatic heterocycles. The number of benzene rings is 2. The number of ether oxygens (including phenoxy) is 1. The summed E-state index contributed by atoms with van der Waals surface area (Å²) in [6, 6.07) is 13.3. The maximum atomic E-state index is 13.8. The number of piperidine rings is 1. The van der Waals surface area contributed by atoms with E-state index in [1.54, 1.807) is 6.07 Å². The summed E-state index contributed by atoms with van der Waals surface area (Å²) < 4.78 is 5.87. The molecule has 0 atom stereocenters. The molecule has 2 aliphatic rings. The molecule has 31 heavy (non-hydrogen) atoms. The largest absolute Gasteiger partial charge is 0.491 e. The van der Waals surface area contributed by atoms with E-state index >= 15 is 0 Å². The molecule has 5 nitrogen and oxygen atoms in total. The van der Waals surface area contributed by atoms with Crippen LogP contribution in [-0.2, 0) is 9.59 Å². The van der Waals surface area contributed by atoms with Crippen molar-refractivity contribution in [3.63, 3.8) is 0 Å². The van der Waals surface area contributed by atoms with Gasteiger partial charge in [0.15, 0.2) is 0 Å². The molecule has 2 amide bonds. The number of rotatable bonds is 6. The summed E-state index contributed by atoms with van der Waals surface area (Å²) in [6.45, 7) is 8.24. The summed E-state index contributed by atoms with van der Waals surface area (Å²) in [5.41, 5.74) is 4.61. The number of aryl methyl sites for hydroxylation is 2. The zero-order valence-corrected chi connectivity index (χ0v) is 18.6. The van der Waals surface area contributed by atoms with Crippen LogP contribution >= 0.6 is 0 Å². The average Bonchev–Trinajstić information content (AvgIpc) is 3.05. The van der Waals surface area contributed by atoms with Crippen LogP contribution in [0.25, 0.3) is 5.57 Å². The van der Waals surface area contributed by atoms with Crippen molar-refractivity contribution in [1.29, 1.82) is 0 Å². The van der Waals surface area contributed by atoms with E-state index in [1.165, 1.54) is 4.90 Å². The maximum absolute atomic E-state index is 13.8. The fourth-order valence-electron chi connectivity index (χ4n) is 4.28. The van der Waals surface area contributed by atoms with Crippen LogP contribution in [0.2, 0.25) is 0 Å². The van der Waals surface area contributed by atoms with E-state index < -0.39 is 0 Å². The molecule has 162 valence electrons. The fraction of sp³-hybridized carbons (Fsp3) is 0.385. The number of likely N-dealkylation sites (tertiary alicyclic amines) is 1. The van der Waals surface area contributed by atoms with Crippen molar-refractivity contribution in [2.24, 2.45) is 0 Å². The Kier molecular flexibility index (Phi) is 6.12. The molecule has 2 heterocycles. The molecule has 1 saturated heterocycles. The Hall–Kier alpha value is -3.08. The molecule has 0 saturated carbocycles. The van der Waals surface area contributed by atoms with Crippen LogP contribution in [0, 0.1) is 13.8 Å². The molecule has 2 aromatic rings. The van der Waals surface area contributed by atoms with E-state index in [4.69, 9.17) is 4.74 Å². The van der Waals surface area contributed by atoms with Gasteiger partial charge in [0.1, 0.15) is 11.4 Å². The molecule has 2 aromatic carbocycles. The van der Waals surface area contributed by atoms with Crippen molar-refractivity contribution in [2.45, 2.75) is 46.5 Å². The maximum Gasteiger partial charge on any atom is 0.282 e. The summed E-state index contributed by atoms with van der Waals surface area (Å²) >= 11 is 0. The summed E-state index contributed by atoms with van der Waals surface area (Å²) in [6.07, 6.45) is 4.06. The van der Waals surface area contributed by atoms with Crippen LogP contribution in [0.1, 0.15) is 49.3 Å².